The first-order valence-corrected chi connectivity index (χ1v) is 8.20. The Labute approximate surface area is 145 Å². The van der Waals surface area contributed by atoms with Crippen LogP contribution in [-0.4, -0.2) is 0 Å². The molecule has 0 aromatic carbocycles. The topological polar surface area (TPSA) is 14.9 Å². The summed E-state index contributed by atoms with van der Waals surface area (Å²) in [6, 6.07) is 12.5. The fourth-order valence-corrected chi connectivity index (χ4v) is 3.18. The number of hydrogen-bond acceptors (Lipinski definition) is 1. The second-order valence-corrected chi connectivity index (χ2v) is 6.43. The summed E-state index contributed by atoms with van der Waals surface area (Å²) < 4.78 is 7.25. The minimum absolute atomic E-state index is 1.04. The predicted octanol–water partition coefficient (Wildman–Crippen LogP) is 2.39. The van der Waals surface area contributed by atoms with E-state index in [9.17, 15) is 0 Å². The van der Waals surface area contributed by atoms with Gasteiger partial charge in [0.1, 0.15) is 24.3 Å². The summed E-state index contributed by atoms with van der Waals surface area (Å²) in [4.78, 5) is 2.24. The first-order valence-electron chi connectivity index (χ1n) is 7.41. The van der Waals surface area contributed by atoms with E-state index in [0.717, 1.165) is 21.7 Å². The second-order valence-electron chi connectivity index (χ2n) is 5.58. The van der Waals surface area contributed by atoms with Crippen molar-refractivity contribution in [1.82, 2.24) is 0 Å². The van der Waals surface area contributed by atoms with Gasteiger partial charge in [-0.1, -0.05) is 0 Å². The molecule has 0 aliphatic heterocycles. The quantitative estimate of drug-likeness (QED) is 0.645. The van der Waals surface area contributed by atoms with Gasteiger partial charge in [-0.3, -0.25) is 0 Å². The number of hydrogen-bond donors (Lipinski definition) is 0. The van der Waals surface area contributed by atoms with E-state index < -0.39 is 0 Å². The van der Waals surface area contributed by atoms with Crippen molar-refractivity contribution in [3.8, 4) is 0 Å². The summed E-state index contributed by atoms with van der Waals surface area (Å²) in [5.74, 6) is 1.08. The molecule has 0 amide bonds. The highest BCUT2D eigenvalue weighted by Crippen LogP contribution is 2.34. The van der Waals surface area contributed by atoms with Crippen LogP contribution in [0.2, 0.25) is 0 Å². The molecule has 23 heavy (non-hydrogen) atoms. The number of rotatable bonds is 3. The first-order chi connectivity index (χ1) is 11.1. The Bertz CT molecular complexity index is 810. The molecule has 0 fully saturated rings. The molecule has 4 nitrogen and oxygen atoms in total. The van der Waals surface area contributed by atoms with Gasteiger partial charge in [0.05, 0.1) is 13.2 Å². The molecule has 0 bridgehead atoms. The lowest BCUT2D eigenvalue weighted by atomic mass is 10.2. The van der Waals surface area contributed by atoms with Crippen LogP contribution in [0.3, 0.4) is 0 Å². The predicted molar refractivity (Wildman–Crippen MR) is 92.4 cm³/mol. The third-order valence-electron chi connectivity index (χ3n) is 3.71. The molecule has 0 unspecified atom stereocenters. The zero-order chi connectivity index (χ0) is 16.4. The number of nitrogens with zero attached hydrogens (tertiary/aromatic N) is 4. The van der Waals surface area contributed by atoms with Crippen molar-refractivity contribution < 1.29 is 13.7 Å². The molecule has 3 rings (SSSR count). The molecule has 0 saturated carbocycles. The molecule has 0 N–H and O–H groups in total. The Kier molecular flexibility index (Phi) is 4.39. The standard InChI is InChI=1S/C18H20BrN4/c1-20-12-8-15(9-13-20)23(16-6-4-10-21(2)14-16)18-17(19)7-5-11-22(18)3/h4-14H,1-3H3/q+3. The van der Waals surface area contributed by atoms with Crippen molar-refractivity contribution in [3.05, 3.63) is 71.9 Å². The number of pyridine rings is 3. The lowest BCUT2D eigenvalue weighted by Crippen LogP contribution is -2.37. The van der Waals surface area contributed by atoms with Gasteiger partial charge in [0.25, 0.3) is 0 Å². The minimum atomic E-state index is 1.04. The van der Waals surface area contributed by atoms with Gasteiger partial charge < -0.3 is 0 Å². The highest BCUT2D eigenvalue weighted by molar-refractivity contribution is 9.10. The lowest BCUT2D eigenvalue weighted by Gasteiger charge is -2.17. The normalized spacial score (nSPS) is 10.6. The Morgan fingerprint density at radius 1 is 0.783 bits per heavy atom. The Hall–Kier alpha value is -2.27. The minimum Gasteiger partial charge on any atom is -0.236 e. The Balaban J connectivity index is 2.24. The van der Waals surface area contributed by atoms with Gasteiger partial charge in [0.15, 0.2) is 24.3 Å². The van der Waals surface area contributed by atoms with Gasteiger partial charge in [-0.25, -0.2) is 13.7 Å². The van der Waals surface area contributed by atoms with E-state index in [-0.39, 0.29) is 0 Å². The molecule has 3 aromatic heterocycles. The van der Waals surface area contributed by atoms with Gasteiger partial charge in [-0.15, -0.1) is 0 Å². The summed E-state index contributed by atoms with van der Waals surface area (Å²) in [6.45, 7) is 0. The van der Waals surface area contributed by atoms with Crippen molar-refractivity contribution in [2.45, 2.75) is 0 Å². The molecule has 0 radical (unpaired) electrons. The van der Waals surface area contributed by atoms with Crippen molar-refractivity contribution in [2.24, 2.45) is 21.1 Å². The van der Waals surface area contributed by atoms with E-state index in [1.54, 1.807) is 0 Å². The molecular weight excluding hydrogens is 352 g/mol. The fourth-order valence-electron chi connectivity index (χ4n) is 2.57. The number of aryl methyl sites for hydroxylation is 3. The fraction of sp³-hybridized carbons (Fsp3) is 0.167. The molecule has 5 heteroatoms. The van der Waals surface area contributed by atoms with Crippen LogP contribution in [0.4, 0.5) is 17.2 Å². The maximum Gasteiger partial charge on any atom is 0.301 e. The first kappa shape index (κ1) is 15.6. The average Bonchev–Trinajstić information content (AvgIpc) is 2.52. The number of aromatic nitrogens is 3. The smallest absolute Gasteiger partial charge is 0.236 e. The largest absolute Gasteiger partial charge is 0.301 e. The highest BCUT2D eigenvalue weighted by atomic mass is 79.9. The Morgan fingerprint density at radius 2 is 1.48 bits per heavy atom. The Morgan fingerprint density at radius 3 is 2.13 bits per heavy atom. The molecule has 3 aromatic rings. The van der Waals surface area contributed by atoms with Crippen molar-refractivity contribution in [1.29, 1.82) is 0 Å². The molecule has 0 aliphatic carbocycles. The second kappa shape index (κ2) is 6.46. The van der Waals surface area contributed by atoms with Gasteiger partial charge in [-0.2, -0.15) is 4.90 Å². The number of anilines is 3. The van der Waals surface area contributed by atoms with Crippen LogP contribution < -0.4 is 18.6 Å². The van der Waals surface area contributed by atoms with E-state index in [0.29, 0.717) is 0 Å². The maximum absolute atomic E-state index is 3.70. The van der Waals surface area contributed by atoms with E-state index >= 15 is 0 Å². The van der Waals surface area contributed by atoms with Crippen LogP contribution in [0.25, 0.3) is 0 Å². The molecule has 0 spiro atoms. The van der Waals surface area contributed by atoms with E-state index in [1.165, 1.54) is 0 Å². The molecule has 0 saturated heterocycles. The van der Waals surface area contributed by atoms with Gasteiger partial charge >= 0.3 is 5.82 Å². The summed E-state index contributed by atoms with van der Waals surface area (Å²) >= 11 is 3.70. The van der Waals surface area contributed by atoms with Crippen LogP contribution >= 0.6 is 15.9 Å². The van der Waals surface area contributed by atoms with E-state index in [1.807, 2.05) is 30.9 Å². The van der Waals surface area contributed by atoms with Gasteiger partial charge in [0, 0.05) is 18.2 Å². The molecule has 116 valence electrons. The van der Waals surface area contributed by atoms with Crippen LogP contribution in [0.15, 0.2) is 71.9 Å². The van der Waals surface area contributed by atoms with Crippen molar-refractivity contribution in [2.75, 3.05) is 4.90 Å². The van der Waals surface area contributed by atoms with Gasteiger partial charge in [0.2, 0.25) is 6.20 Å². The van der Waals surface area contributed by atoms with Crippen molar-refractivity contribution in [3.63, 3.8) is 0 Å². The van der Waals surface area contributed by atoms with E-state index in [2.05, 4.69) is 92.1 Å². The molecule has 0 atom stereocenters. The summed E-state index contributed by atoms with van der Waals surface area (Å²) in [5, 5.41) is 0. The molecular formula is C18H20BrN4+3. The zero-order valence-corrected chi connectivity index (χ0v) is 15.1. The van der Waals surface area contributed by atoms with Gasteiger partial charge in [-0.05, 0) is 34.1 Å². The van der Waals surface area contributed by atoms with E-state index in [4.69, 9.17) is 0 Å². The molecule has 3 heterocycles. The molecule has 0 aliphatic rings. The third kappa shape index (κ3) is 3.24. The van der Waals surface area contributed by atoms with Crippen LogP contribution in [0.1, 0.15) is 0 Å². The summed E-state index contributed by atoms with van der Waals surface area (Å²) in [5.41, 5.74) is 2.21. The average molecular weight is 372 g/mol. The lowest BCUT2D eigenvalue weighted by molar-refractivity contribution is -0.671. The van der Waals surface area contributed by atoms with Crippen molar-refractivity contribution >= 4 is 33.1 Å². The monoisotopic (exact) mass is 371 g/mol. The maximum atomic E-state index is 3.70. The van der Waals surface area contributed by atoms with Crippen LogP contribution in [-0.2, 0) is 21.1 Å². The zero-order valence-electron chi connectivity index (χ0n) is 13.5. The highest BCUT2D eigenvalue weighted by Gasteiger charge is 2.28. The summed E-state index contributed by atoms with van der Waals surface area (Å²) in [6.07, 6.45) is 10.3. The van der Waals surface area contributed by atoms with Crippen LogP contribution in [0.5, 0.6) is 0 Å². The van der Waals surface area contributed by atoms with Crippen LogP contribution in [0, 0.1) is 0 Å². The summed E-state index contributed by atoms with van der Waals surface area (Å²) in [7, 11) is 6.11. The SMILES string of the molecule is C[n+]1ccc(N(c2ccc[n+](C)c2)c2c(Br)ccc[n+]2C)cc1. The third-order valence-corrected chi connectivity index (χ3v) is 4.33. The number of halogens is 1.